The number of amides is 3. The summed E-state index contributed by atoms with van der Waals surface area (Å²) in [6, 6.07) is 6.44. The lowest BCUT2D eigenvalue weighted by molar-refractivity contribution is -0.119. The van der Waals surface area contributed by atoms with Crippen LogP contribution in [-0.4, -0.2) is 18.0 Å². The fraction of sp³-hybridized carbons (Fsp3) is 0.500. The van der Waals surface area contributed by atoms with E-state index in [1.54, 1.807) is 0 Å². The standard InChI is InChI=1S/C16H25N3O2/c1-4-6-12-7-9-13(10-8-12)18-15(20)14(11(3)5-2)19-16(17)21/h7-11,14H,4-6H2,1-3H3,(H,18,20)(H3,17,19,21)/t11-,14-/m0/s1. The third-order valence-electron chi connectivity index (χ3n) is 3.55. The molecule has 0 aliphatic rings. The lowest BCUT2D eigenvalue weighted by Gasteiger charge is -2.22. The van der Waals surface area contributed by atoms with Crippen LogP contribution in [0.25, 0.3) is 0 Å². The SMILES string of the molecule is CCCc1ccc(NC(=O)[C@@H](NC(N)=O)[C@@H](C)CC)cc1. The summed E-state index contributed by atoms with van der Waals surface area (Å²) in [5.41, 5.74) is 7.10. The Morgan fingerprint density at radius 2 is 1.81 bits per heavy atom. The van der Waals surface area contributed by atoms with Gasteiger partial charge in [0.2, 0.25) is 5.91 Å². The maximum atomic E-state index is 12.3. The van der Waals surface area contributed by atoms with E-state index in [1.807, 2.05) is 38.1 Å². The molecule has 0 saturated carbocycles. The molecule has 0 unspecified atom stereocenters. The molecule has 0 radical (unpaired) electrons. The first-order valence-corrected chi connectivity index (χ1v) is 7.43. The molecule has 5 nitrogen and oxygen atoms in total. The molecule has 116 valence electrons. The molecule has 2 atom stereocenters. The summed E-state index contributed by atoms with van der Waals surface area (Å²) in [6.45, 7) is 6.00. The number of urea groups is 1. The van der Waals surface area contributed by atoms with E-state index in [0.717, 1.165) is 24.9 Å². The normalized spacial score (nSPS) is 13.3. The maximum absolute atomic E-state index is 12.3. The fourth-order valence-electron chi connectivity index (χ4n) is 2.12. The van der Waals surface area contributed by atoms with Crippen molar-refractivity contribution in [1.29, 1.82) is 0 Å². The highest BCUT2D eigenvalue weighted by molar-refractivity contribution is 5.97. The molecule has 0 spiro atoms. The number of benzene rings is 1. The predicted molar refractivity (Wildman–Crippen MR) is 85.0 cm³/mol. The molecule has 5 heteroatoms. The largest absolute Gasteiger partial charge is 0.352 e. The number of nitrogens with two attached hydrogens (primary N) is 1. The maximum Gasteiger partial charge on any atom is 0.312 e. The van der Waals surface area contributed by atoms with E-state index >= 15 is 0 Å². The molecule has 0 bridgehead atoms. The summed E-state index contributed by atoms with van der Waals surface area (Å²) in [7, 11) is 0. The number of carbonyl (C=O) groups excluding carboxylic acids is 2. The predicted octanol–water partition coefficient (Wildman–Crippen LogP) is 2.66. The third kappa shape index (κ3) is 5.45. The molecule has 1 aromatic rings. The summed E-state index contributed by atoms with van der Waals surface area (Å²) in [5, 5.41) is 5.33. The van der Waals surface area contributed by atoms with Gasteiger partial charge in [-0.3, -0.25) is 4.79 Å². The topological polar surface area (TPSA) is 84.2 Å². The van der Waals surface area contributed by atoms with Crippen molar-refractivity contribution in [2.45, 2.75) is 46.1 Å². The molecule has 0 saturated heterocycles. The number of rotatable bonds is 7. The highest BCUT2D eigenvalue weighted by atomic mass is 16.2. The summed E-state index contributed by atoms with van der Waals surface area (Å²) in [6.07, 6.45) is 2.88. The molecule has 0 fully saturated rings. The van der Waals surface area contributed by atoms with E-state index in [2.05, 4.69) is 17.6 Å². The number of anilines is 1. The van der Waals surface area contributed by atoms with Gasteiger partial charge >= 0.3 is 6.03 Å². The van der Waals surface area contributed by atoms with Crippen molar-refractivity contribution in [3.63, 3.8) is 0 Å². The molecular formula is C16H25N3O2. The van der Waals surface area contributed by atoms with E-state index in [9.17, 15) is 9.59 Å². The average Bonchev–Trinajstić information content (AvgIpc) is 2.46. The van der Waals surface area contributed by atoms with Crippen LogP contribution in [0.4, 0.5) is 10.5 Å². The van der Waals surface area contributed by atoms with Crippen molar-refractivity contribution in [3.05, 3.63) is 29.8 Å². The van der Waals surface area contributed by atoms with Crippen molar-refractivity contribution >= 4 is 17.6 Å². The van der Waals surface area contributed by atoms with Gasteiger partial charge in [0.1, 0.15) is 6.04 Å². The minimum absolute atomic E-state index is 0.0110. The number of aryl methyl sites for hydroxylation is 1. The van der Waals surface area contributed by atoms with Crippen LogP contribution in [0.5, 0.6) is 0 Å². The summed E-state index contributed by atoms with van der Waals surface area (Å²) >= 11 is 0. The number of nitrogens with one attached hydrogen (secondary N) is 2. The lowest BCUT2D eigenvalue weighted by Crippen LogP contribution is -2.49. The summed E-state index contributed by atoms with van der Waals surface area (Å²) in [4.78, 5) is 23.3. The van der Waals surface area contributed by atoms with Crippen molar-refractivity contribution in [1.82, 2.24) is 5.32 Å². The lowest BCUT2D eigenvalue weighted by atomic mass is 9.98. The molecule has 0 heterocycles. The third-order valence-corrected chi connectivity index (χ3v) is 3.55. The van der Waals surface area contributed by atoms with Gasteiger partial charge < -0.3 is 16.4 Å². The van der Waals surface area contributed by atoms with Crippen LogP contribution in [0, 0.1) is 5.92 Å². The highest BCUT2D eigenvalue weighted by Gasteiger charge is 2.25. The first-order chi connectivity index (χ1) is 9.97. The highest BCUT2D eigenvalue weighted by Crippen LogP contribution is 2.14. The van der Waals surface area contributed by atoms with Crippen LogP contribution >= 0.6 is 0 Å². The molecule has 0 aliphatic carbocycles. The van der Waals surface area contributed by atoms with Crippen molar-refractivity contribution in [2.75, 3.05) is 5.32 Å². The van der Waals surface area contributed by atoms with Gasteiger partial charge in [-0.2, -0.15) is 0 Å². The monoisotopic (exact) mass is 291 g/mol. The Balaban J connectivity index is 2.73. The molecule has 4 N–H and O–H groups in total. The zero-order valence-electron chi connectivity index (χ0n) is 13.0. The van der Waals surface area contributed by atoms with Gasteiger partial charge in [0.05, 0.1) is 0 Å². The van der Waals surface area contributed by atoms with Crippen LogP contribution in [0.1, 0.15) is 39.2 Å². The molecule has 1 aromatic carbocycles. The Morgan fingerprint density at radius 3 is 2.29 bits per heavy atom. The number of carbonyl (C=O) groups is 2. The minimum atomic E-state index is -0.686. The van der Waals surface area contributed by atoms with Crippen molar-refractivity contribution < 1.29 is 9.59 Å². The number of hydrogen-bond donors (Lipinski definition) is 3. The molecule has 3 amide bonds. The van der Waals surface area contributed by atoms with E-state index in [4.69, 9.17) is 5.73 Å². The Hall–Kier alpha value is -2.04. The smallest absolute Gasteiger partial charge is 0.312 e. The van der Waals surface area contributed by atoms with Gasteiger partial charge in [0.25, 0.3) is 0 Å². The van der Waals surface area contributed by atoms with E-state index in [1.165, 1.54) is 5.56 Å². The Bertz CT molecular complexity index is 471. The van der Waals surface area contributed by atoms with Crippen LogP contribution in [0.2, 0.25) is 0 Å². The zero-order valence-corrected chi connectivity index (χ0v) is 13.0. The second-order valence-corrected chi connectivity index (χ2v) is 5.31. The Morgan fingerprint density at radius 1 is 1.19 bits per heavy atom. The summed E-state index contributed by atoms with van der Waals surface area (Å²) in [5.74, 6) is -0.233. The molecule has 0 aromatic heterocycles. The van der Waals surface area contributed by atoms with Gasteiger partial charge in [-0.15, -0.1) is 0 Å². The average molecular weight is 291 g/mol. The van der Waals surface area contributed by atoms with Gasteiger partial charge in [-0.1, -0.05) is 45.7 Å². The Labute approximate surface area is 126 Å². The van der Waals surface area contributed by atoms with Crippen LogP contribution in [0.3, 0.4) is 0 Å². The van der Waals surface area contributed by atoms with Crippen LogP contribution in [0.15, 0.2) is 24.3 Å². The van der Waals surface area contributed by atoms with Gasteiger partial charge in [0, 0.05) is 5.69 Å². The first-order valence-electron chi connectivity index (χ1n) is 7.43. The zero-order chi connectivity index (χ0) is 15.8. The quantitative estimate of drug-likeness (QED) is 0.721. The fourth-order valence-corrected chi connectivity index (χ4v) is 2.12. The van der Waals surface area contributed by atoms with Crippen molar-refractivity contribution in [3.8, 4) is 0 Å². The van der Waals surface area contributed by atoms with E-state index in [-0.39, 0.29) is 11.8 Å². The van der Waals surface area contributed by atoms with Crippen LogP contribution < -0.4 is 16.4 Å². The van der Waals surface area contributed by atoms with Crippen LogP contribution in [-0.2, 0) is 11.2 Å². The number of hydrogen-bond acceptors (Lipinski definition) is 2. The Kier molecular flexibility index (Phi) is 6.72. The van der Waals surface area contributed by atoms with Gasteiger partial charge in [0.15, 0.2) is 0 Å². The second kappa shape index (κ2) is 8.29. The first kappa shape index (κ1) is 17.0. The molecule has 1 rings (SSSR count). The second-order valence-electron chi connectivity index (χ2n) is 5.31. The van der Waals surface area contributed by atoms with E-state index in [0.29, 0.717) is 0 Å². The minimum Gasteiger partial charge on any atom is -0.352 e. The number of primary amides is 1. The van der Waals surface area contributed by atoms with Gasteiger partial charge in [-0.25, -0.2) is 4.79 Å². The molecule has 21 heavy (non-hydrogen) atoms. The molecular weight excluding hydrogens is 266 g/mol. The summed E-state index contributed by atoms with van der Waals surface area (Å²) < 4.78 is 0. The van der Waals surface area contributed by atoms with Crippen molar-refractivity contribution in [2.24, 2.45) is 11.7 Å². The van der Waals surface area contributed by atoms with Gasteiger partial charge in [-0.05, 0) is 30.0 Å². The molecule has 0 aliphatic heterocycles. The van der Waals surface area contributed by atoms with E-state index < -0.39 is 12.1 Å².